The first kappa shape index (κ1) is 14.4. The molecule has 19 heavy (non-hydrogen) atoms. The first-order valence-corrected chi connectivity index (χ1v) is 7.09. The van der Waals surface area contributed by atoms with E-state index in [4.69, 9.17) is 16.3 Å². The van der Waals surface area contributed by atoms with E-state index in [0.29, 0.717) is 5.02 Å². The van der Waals surface area contributed by atoms with Crippen molar-refractivity contribution in [3.63, 3.8) is 0 Å². The van der Waals surface area contributed by atoms with Crippen molar-refractivity contribution < 1.29 is 4.74 Å². The Hall–Kier alpha value is -1.03. The van der Waals surface area contributed by atoms with Gasteiger partial charge in [-0.3, -0.25) is 0 Å². The molecule has 0 aromatic heterocycles. The van der Waals surface area contributed by atoms with E-state index in [9.17, 15) is 0 Å². The smallest absolute Gasteiger partial charge is 0.118 e. The summed E-state index contributed by atoms with van der Waals surface area (Å²) in [4.78, 5) is 0. The van der Waals surface area contributed by atoms with Gasteiger partial charge in [0.25, 0.3) is 0 Å². The van der Waals surface area contributed by atoms with Crippen LogP contribution in [0.4, 0.5) is 0 Å². The quantitative estimate of drug-likeness (QED) is 0.889. The highest BCUT2D eigenvalue weighted by molar-refractivity contribution is 9.10. The molecule has 2 nitrogen and oxygen atoms in total. The van der Waals surface area contributed by atoms with Crippen molar-refractivity contribution in [1.29, 1.82) is 0 Å². The van der Waals surface area contributed by atoms with Gasteiger partial charge < -0.3 is 10.1 Å². The first-order valence-electron chi connectivity index (χ1n) is 5.92. The van der Waals surface area contributed by atoms with Gasteiger partial charge in [0.05, 0.1) is 18.2 Å². The van der Waals surface area contributed by atoms with Gasteiger partial charge in [0.1, 0.15) is 5.75 Å². The Morgan fingerprint density at radius 3 is 2.26 bits per heavy atom. The van der Waals surface area contributed by atoms with Crippen molar-refractivity contribution in [2.24, 2.45) is 0 Å². The minimum atomic E-state index is 0.108. The predicted molar refractivity (Wildman–Crippen MR) is 83.0 cm³/mol. The average Bonchev–Trinajstić information content (AvgIpc) is 2.44. The molecular weight excluding hydrogens is 326 g/mol. The summed E-state index contributed by atoms with van der Waals surface area (Å²) in [5, 5.41) is 4.02. The summed E-state index contributed by atoms with van der Waals surface area (Å²) in [6.07, 6.45) is 0. The van der Waals surface area contributed by atoms with Crippen LogP contribution in [0.1, 0.15) is 17.2 Å². The number of methoxy groups -OCH3 is 1. The summed E-state index contributed by atoms with van der Waals surface area (Å²) >= 11 is 9.56. The topological polar surface area (TPSA) is 21.3 Å². The van der Waals surface area contributed by atoms with Crippen molar-refractivity contribution in [2.45, 2.75) is 6.04 Å². The fourth-order valence-electron chi connectivity index (χ4n) is 2.01. The van der Waals surface area contributed by atoms with Gasteiger partial charge in [-0.05, 0) is 58.4 Å². The van der Waals surface area contributed by atoms with Crippen LogP contribution in [-0.4, -0.2) is 14.2 Å². The molecule has 1 atom stereocenters. The molecular formula is C15H15BrClNO. The Bertz CT molecular complexity index is 557. The molecule has 0 aliphatic heterocycles. The van der Waals surface area contributed by atoms with E-state index >= 15 is 0 Å². The second kappa shape index (κ2) is 6.42. The van der Waals surface area contributed by atoms with Crippen molar-refractivity contribution >= 4 is 27.5 Å². The SMILES string of the molecule is CNC(c1ccc(OC)cc1)c1ccc(Br)c(Cl)c1. The van der Waals surface area contributed by atoms with Crippen molar-refractivity contribution in [1.82, 2.24) is 5.32 Å². The monoisotopic (exact) mass is 339 g/mol. The van der Waals surface area contributed by atoms with Gasteiger partial charge in [0.2, 0.25) is 0 Å². The molecule has 0 radical (unpaired) electrons. The van der Waals surface area contributed by atoms with E-state index in [0.717, 1.165) is 15.8 Å². The molecule has 0 aliphatic carbocycles. The van der Waals surface area contributed by atoms with Crippen LogP contribution in [0, 0.1) is 0 Å². The Labute approximate surface area is 126 Å². The molecule has 0 spiro atoms. The van der Waals surface area contributed by atoms with Crippen LogP contribution in [0.3, 0.4) is 0 Å². The van der Waals surface area contributed by atoms with Crippen LogP contribution < -0.4 is 10.1 Å². The van der Waals surface area contributed by atoms with E-state index in [1.165, 1.54) is 5.56 Å². The van der Waals surface area contributed by atoms with Gasteiger partial charge in [-0.2, -0.15) is 0 Å². The third-order valence-electron chi connectivity index (χ3n) is 3.01. The number of rotatable bonds is 4. The first-order chi connectivity index (χ1) is 9.15. The molecule has 0 aliphatic rings. The number of hydrogen-bond acceptors (Lipinski definition) is 2. The van der Waals surface area contributed by atoms with Crippen LogP contribution in [0.25, 0.3) is 0 Å². The Balaban J connectivity index is 2.34. The Kier molecular flexibility index (Phi) is 4.86. The minimum absolute atomic E-state index is 0.108. The van der Waals surface area contributed by atoms with Crippen molar-refractivity contribution in [3.8, 4) is 5.75 Å². The predicted octanol–water partition coefficient (Wildman–Crippen LogP) is 4.42. The molecule has 4 heteroatoms. The molecule has 2 aromatic rings. The molecule has 0 fully saturated rings. The van der Waals surface area contributed by atoms with E-state index in [2.05, 4.69) is 39.4 Å². The molecule has 0 amide bonds. The van der Waals surface area contributed by atoms with E-state index < -0.39 is 0 Å². The lowest BCUT2D eigenvalue weighted by Crippen LogP contribution is -2.17. The van der Waals surface area contributed by atoms with Gasteiger partial charge >= 0.3 is 0 Å². The summed E-state index contributed by atoms with van der Waals surface area (Å²) in [5.41, 5.74) is 2.29. The van der Waals surface area contributed by atoms with Crippen molar-refractivity contribution in [3.05, 3.63) is 63.1 Å². The molecule has 100 valence electrons. The highest BCUT2D eigenvalue weighted by Gasteiger charge is 2.13. The number of hydrogen-bond donors (Lipinski definition) is 1. The van der Waals surface area contributed by atoms with Gasteiger partial charge in [0, 0.05) is 4.47 Å². The van der Waals surface area contributed by atoms with Crippen LogP contribution in [0.5, 0.6) is 5.75 Å². The van der Waals surface area contributed by atoms with Gasteiger partial charge in [-0.1, -0.05) is 29.8 Å². The maximum Gasteiger partial charge on any atom is 0.118 e. The van der Waals surface area contributed by atoms with Gasteiger partial charge in [0.15, 0.2) is 0 Å². The van der Waals surface area contributed by atoms with Crippen LogP contribution in [-0.2, 0) is 0 Å². The van der Waals surface area contributed by atoms with Gasteiger partial charge in [-0.15, -0.1) is 0 Å². The summed E-state index contributed by atoms with van der Waals surface area (Å²) in [5.74, 6) is 0.854. The molecule has 1 unspecified atom stereocenters. The zero-order chi connectivity index (χ0) is 13.8. The molecule has 0 saturated carbocycles. The lowest BCUT2D eigenvalue weighted by Gasteiger charge is -2.18. The number of nitrogens with one attached hydrogen (secondary N) is 1. The summed E-state index contributed by atoms with van der Waals surface area (Å²) in [6, 6.07) is 14.1. The fourth-order valence-corrected chi connectivity index (χ4v) is 2.45. The molecule has 2 rings (SSSR count). The minimum Gasteiger partial charge on any atom is -0.497 e. The highest BCUT2D eigenvalue weighted by atomic mass is 79.9. The fraction of sp³-hybridized carbons (Fsp3) is 0.200. The molecule has 0 saturated heterocycles. The highest BCUT2D eigenvalue weighted by Crippen LogP contribution is 2.29. The normalized spacial score (nSPS) is 12.2. The lowest BCUT2D eigenvalue weighted by atomic mass is 9.99. The van der Waals surface area contributed by atoms with E-state index in [-0.39, 0.29) is 6.04 Å². The number of benzene rings is 2. The van der Waals surface area contributed by atoms with E-state index in [1.807, 2.05) is 31.3 Å². The second-order valence-electron chi connectivity index (χ2n) is 4.17. The molecule has 1 N–H and O–H groups in total. The van der Waals surface area contributed by atoms with Crippen LogP contribution in [0.15, 0.2) is 46.9 Å². The third kappa shape index (κ3) is 3.30. The average molecular weight is 341 g/mol. The molecule has 2 aromatic carbocycles. The maximum absolute atomic E-state index is 6.16. The Morgan fingerprint density at radius 1 is 1.11 bits per heavy atom. The van der Waals surface area contributed by atoms with Crippen molar-refractivity contribution in [2.75, 3.05) is 14.2 Å². The number of halogens is 2. The third-order valence-corrected chi connectivity index (χ3v) is 4.25. The lowest BCUT2D eigenvalue weighted by molar-refractivity contribution is 0.414. The van der Waals surface area contributed by atoms with Crippen LogP contribution in [0.2, 0.25) is 5.02 Å². The van der Waals surface area contributed by atoms with Gasteiger partial charge in [-0.25, -0.2) is 0 Å². The Morgan fingerprint density at radius 2 is 1.74 bits per heavy atom. The summed E-state index contributed by atoms with van der Waals surface area (Å²) in [6.45, 7) is 0. The molecule has 0 heterocycles. The maximum atomic E-state index is 6.16. The second-order valence-corrected chi connectivity index (χ2v) is 5.43. The number of ether oxygens (including phenoxy) is 1. The summed E-state index contributed by atoms with van der Waals surface area (Å²) < 4.78 is 6.08. The standard InChI is InChI=1S/C15H15BrClNO/c1-18-15(10-3-6-12(19-2)7-4-10)11-5-8-13(16)14(17)9-11/h3-9,15,18H,1-2H3. The van der Waals surface area contributed by atoms with E-state index in [1.54, 1.807) is 7.11 Å². The zero-order valence-corrected chi connectivity index (χ0v) is 13.1. The molecule has 0 bridgehead atoms. The summed E-state index contributed by atoms with van der Waals surface area (Å²) in [7, 11) is 3.60. The largest absolute Gasteiger partial charge is 0.497 e. The van der Waals surface area contributed by atoms with Crippen LogP contribution >= 0.6 is 27.5 Å². The zero-order valence-electron chi connectivity index (χ0n) is 10.8.